The largest absolute Gasteiger partial charge is 0.493 e. The summed E-state index contributed by atoms with van der Waals surface area (Å²) in [5.74, 6) is 0.0218. The second-order valence-corrected chi connectivity index (χ2v) is 9.51. The van der Waals surface area contributed by atoms with Gasteiger partial charge in [-0.3, -0.25) is 14.5 Å². The van der Waals surface area contributed by atoms with E-state index < -0.39 is 18.4 Å². The van der Waals surface area contributed by atoms with Crippen LogP contribution in [0, 0.1) is 0 Å². The maximum atomic E-state index is 12.3. The number of carbonyl (C=O) groups is 2. The molecule has 3 aromatic rings. The number of halogens is 1. The van der Waals surface area contributed by atoms with Crippen molar-refractivity contribution in [3.05, 3.63) is 47.2 Å². The Morgan fingerprint density at radius 1 is 1.12 bits per heavy atom. The number of carboxylic acid groups (broad SMARTS) is 1. The minimum Gasteiger partial charge on any atom is -0.493 e. The average molecular weight is 573 g/mol. The molecule has 0 atom stereocenters. The monoisotopic (exact) mass is 572 g/mol. The number of hydrogen-bond acceptors (Lipinski definition) is 10. The van der Waals surface area contributed by atoms with E-state index >= 15 is 0 Å². The Kier molecular flexibility index (Phi) is 10.7. The topological polar surface area (TPSA) is 147 Å². The van der Waals surface area contributed by atoms with E-state index in [2.05, 4.69) is 30.8 Å². The van der Waals surface area contributed by atoms with Gasteiger partial charge in [-0.25, -0.2) is 9.97 Å². The lowest BCUT2D eigenvalue weighted by Gasteiger charge is -2.26. The third-order valence-corrected chi connectivity index (χ3v) is 6.51. The van der Waals surface area contributed by atoms with Gasteiger partial charge >= 0.3 is 5.97 Å². The van der Waals surface area contributed by atoms with Gasteiger partial charge in [-0.1, -0.05) is 17.7 Å². The van der Waals surface area contributed by atoms with Crippen LogP contribution in [0.5, 0.6) is 11.5 Å². The molecule has 1 fully saturated rings. The van der Waals surface area contributed by atoms with Crippen molar-refractivity contribution >= 4 is 45.9 Å². The number of amides is 1. The lowest BCUT2D eigenvalue weighted by molar-refractivity contribution is -0.137. The van der Waals surface area contributed by atoms with Crippen LogP contribution in [0.2, 0.25) is 5.02 Å². The van der Waals surface area contributed by atoms with Crippen LogP contribution in [-0.2, 0) is 20.7 Å². The summed E-state index contributed by atoms with van der Waals surface area (Å²) in [6.45, 7) is 5.94. The van der Waals surface area contributed by atoms with Crippen LogP contribution >= 0.6 is 11.6 Å². The maximum absolute atomic E-state index is 12.3. The van der Waals surface area contributed by atoms with Crippen molar-refractivity contribution in [3.8, 4) is 11.5 Å². The quantitative estimate of drug-likeness (QED) is 0.210. The number of rotatable bonds is 14. The Hall–Kier alpha value is -3.71. The van der Waals surface area contributed by atoms with Crippen LogP contribution < -0.4 is 25.4 Å². The first-order valence-corrected chi connectivity index (χ1v) is 13.3. The molecule has 214 valence electrons. The van der Waals surface area contributed by atoms with Gasteiger partial charge in [0.15, 0.2) is 11.5 Å². The molecule has 4 rings (SSSR count). The van der Waals surface area contributed by atoms with E-state index in [0.29, 0.717) is 57.6 Å². The van der Waals surface area contributed by atoms with E-state index in [1.165, 1.54) is 6.33 Å². The number of morpholine rings is 1. The highest BCUT2D eigenvalue weighted by atomic mass is 35.5. The fourth-order valence-electron chi connectivity index (χ4n) is 4.21. The number of anilines is 2. The molecule has 0 unspecified atom stereocenters. The molecular formula is C27H33ClN6O6. The molecule has 1 saturated heterocycles. The van der Waals surface area contributed by atoms with Gasteiger partial charge in [-0.05, 0) is 23.8 Å². The highest BCUT2D eigenvalue weighted by Gasteiger charge is 2.15. The molecule has 0 aliphatic carbocycles. The van der Waals surface area contributed by atoms with Gasteiger partial charge in [0, 0.05) is 54.9 Å². The summed E-state index contributed by atoms with van der Waals surface area (Å²) >= 11 is 6.24. The Morgan fingerprint density at radius 2 is 1.95 bits per heavy atom. The zero-order chi connectivity index (χ0) is 28.3. The Balaban J connectivity index is 1.45. The van der Waals surface area contributed by atoms with Gasteiger partial charge in [-0.15, -0.1) is 0 Å². The number of carbonyl (C=O) groups excluding carboxylic acids is 1. The molecule has 4 N–H and O–H groups in total. The molecule has 1 aliphatic heterocycles. The number of nitrogens with zero attached hydrogens (tertiary/aromatic N) is 3. The summed E-state index contributed by atoms with van der Waals surface area (Å²) < 4.78 is 17.0. The number of benzene rings is 2. The van der Waals surface area contributed by atoms with Crippen LogP contribution in [0.1, 0.15) is 5.56 Å². The van der Waals surface area contributed by atoms with Crippen LogP contribution in [0.3, 0.4) is 0 Å². The fraction of sp³-hybridized carbons (Fsp3) is 0.407. The molecule has 1 aliphatic rings. The van der Waals surface area contributed by atoms with E-state index in [-0.39, 0.29) is 6.42 Å². The zero-order valence-corrected chi connectivity index (χ0v) is 23.0. The number of fused-ring (bicyclic) bond motifs is 1. The number of carboxylic acids is 1. The van der Waals surface area contributed by atoms with E-state index in [1.54, 1.807) is 31.4 Å². The third kappa shape index (κ3) is 8.39. The van der Waals surface area contributed by atoms with Crippen molar-refractivity contribution in [2.24, 2.45) is 0 Å². The van der Waals surface area contributed by atoms with Crippen molar-refractivity contribution in [1.82, 2.24) is 25.5 Å². The van der Waals surface area contributed by atoms with Crippen LogP contribution in [-0.4, -0.2) is 98.0 Å². The number of ether oxygens (including phenoxy) is 3. The van der Waals surface area contributed by atoms with Gasteiger partial charge in [0.2, 0.25) is 5.91 Å². The van der Waals surface area contributed by atoms with Gasteiger partial charge < -0.3 is 35.3 Å². The predicted molar refractivity (Wildman–Crippen MR) is 151 cm³/mol. The second-order valence-electron chi connectivity index (χ2n) is 9.07. The third-order valence-electron chi connectivity index (χ3n) is 6.28. The summed E-state index contributed by atoms with van der Waals surface area (Å²) in [5, 5.41) is 19.0. The highest BCUT2D eigenvalue weighted by molar-refractivity contribution is 6.31. The van der Waals surface area contributed by atoms with Gasteiger partial charge in [-0.2, -0.15) is 0 Å². The van der Waals surface area contributed by atoms with Crippen molar-refractivity contribution in [2.45, 2.75) is 6.42 Å². The zero-order valence-electron chi connectivity index (χ0n) is 22.2. The van der Waals surface area contributed by atoms with Gasteiger partial charge in [0.1, 0.15) is 25.3 Å². The lowest BCUT2D eigenvalue weighted by Crippen LogP contribution is -2.40. The lowest BCUT2D eigenvalue weighted by atomic mass is 10.1. The molecule has 13 heteroatoms. The molecule has 2 heterocycles. The molecule has 0 radical (unpaired) electrons. The van der Waals surface area contributed by atoms with Crippen molar-refractivity contribution in [3.63, 3.8) is 0 Å². The number of aromatic nitrogens is 2. The first-order valence-electron chi connectivity index (χ1n) is 12.9. The van der Waals surface area contributed by atoms with Gasteiger partial charge in [0.05, 0.1) is 32.3 Å². The standard InChI is InChI=1S/C27H33ClN6O6/c1-38-23-15-22-20(14-24(23)40-9-5-29-4-6-34-7-10-39-11-8-34)27(32-17-31-22)33-21-13-19(28)3-2-18(21)12-25(35)30-16-26(36)37/h2-3,13-15,17,29H,4-12,16H2,1H3,(H,30,35)(H,36,37)(H,31,32,33). The van der Waals surface area contributed by atoms with E-state index in [0.717, 1.165) is 39.4 Å². The number of hydrogen-bond donors (Lipinski definition) is 4. The van der Waals surface area contributed by atoms with E-state index in [1.807, 2.05) is 6.07 Å². The normalized spacial score (nSPS) is 13.7. The van der Waals surface area contributed by atoms with Crippen LogP contribution in [0.15, 0.2) is 36.7 Å². The molecule has 1 aromatic heterocycles. The van der Waals surface area contributed by atoms with E-state index in [4.69, 9.17) is 30.9 Å². The minimum atomic E-state index is -1.12. The van der Waals surface area contributed by atoms with Crippen molar-refractivity contribution in [1.29, 1.82) is 0 Å². The fourth-order valence-corrected chi connectivity index (χ4v) is 4.38. The Labute approximate surface area is 237 Å². The summed E-state index contributed by atoms with van der Waals surface area (Å²) in [6.07, 6.45) is 1.38. The predicted octanol–water partition coefficient (Wildman–Crippen LogP) is 2.08. The first kappa shape index (κ1) is 29.3. The molecule has 2 aromatic carbocycles. The number of nitrogens with one attached hydrogen (secondary N) is 3. The molecule has 40 heavy (non-hydrogen) atoms. The SMILES string of the molecule is COc1cc2ncnc(Nc3cc(Cl)ccc3CC(=O)NCC(=O)O)c2cc1OCCNCCN1CCOCC1. The summed E-state index contributed by atoms with van der Waals surface area (Å²) in [5.41, 5.74) is 1.81. The number of aliphatic carboxylic acids is 1. The molecule has 0 bridgehead atoms. The summed E-state index contributed by atoms with van der Waals surface area (Å²) in [7, 11) is 1.57. The minimum absolute atomic E-state index is 0.0451. The van der Waals surface area contributed by atoms with Crippen molar-refractivity contribution in [2.75, 3.05) is 71.5 Å². The smallest absolute Gasteiger partial charge is 0.322 e. The second kappa shape index (κ2) is 14.6. The number of methoxy groups -OCH3 is 1. The Bertz CT molecular complexity index is 1320. The van der Waals surface area contributed by atoms with Crippen LogP contribution in [0.25, 0.3) is 10.9 Å². The Morgan fingerprint density at radius 3 is 2.73 bits per heavy atom. The first-order chi connectivity index (χ1) is 19.4. The van der Waals surface area contributed by atoms with Crippen LogP contribution in [0.4, 0.5) is 11.5 Å². The molecule has 12 nitrogen and oxygen atoms in total. The van der Waals surface area contributed by atoms with Gasteiger partial charge in [0.25, 0.3) is 0 Å². The molecule has 1 amide bonds. The molecule has 0 saturated carbocycles. The highest BCUT2D eigenvalue weighted by Crippen LogP contribution is 2.35. The van der Waals surface area contributed by atoms with E-state index in [9.17, 15) is 9.59 Å². The molecule has 0 spiro atoms. The summed E-state index contributed by atoms with van der Waals surface area (Å²) in [6, 6.07) is 8.64. The molecular weight excluding hydrogens is 540 g/mol. The summed E-state index contributed by atoms with van der Waals surface area (Å²) in [4.78, 5) is 34.2. The average Bonchev–Trinajstić information content (AvgIpc) is 2.95. The maximum Gasteiger partial charge on any atom is 0.322 e. The van der Waals surface area contributed by atoms with Crippen molar-refractivity contribution < 1.29 is 28.9 Å².